The summed E-state index contributed by atoms with van der Waals surface area (Å²) in [6.07, 6.45) is 3.31. The molecule has 1 atom stereocenters. The van der Waals surface area contributed by atoms with Crippen molar-refractivity contribution in [3.63, 3.8) is 0 Å². The van der Waals surface area contributed by atoms with Gasteiger partial charge in [-0.15, -0.1) is 0 Å². The highest BCUT2D eigenvalue weighted by Crippen LogP contribution is 2.04. The lowest BCUT2D eigenvalue weighted by Crippen LogP contribution is -2.31. The monoisotopic (exact) mass is 255 g/mol. The highest BCUT2D eigenvalue weighted by molar-refractivity contribution is 7.90. The van der Waals surface area contributed by atoms with E-state index in [0.29, 0.717) is 12.6 Å². The van der Waals surface area contributed by atoms with E-state index in [1.165, 1.54) is 11.8 Å². The minimum Gasteiger partial charge on any atom is -0.313 e. The lowest BCUT2D eigenvalue weighted by atomic mass is 10.1. The third kappa shape index (κ3) is 7.13. The van der Waals surface area contributed by atoms with E-state index in [2.05, 4.69) is 24.4 Å². The molecule has 0 radical (unpaired) electrons. The van der Waals surface area contributed by atoms with Gasteiger partial charge in [-0.05, 0) is 25.3 Å². The fourth-order valence-electron chi connectivity index (χ4n) is 1.62. The average molecular weight is 255 g/mol. The van der Waals surface area contributed by atoms with Gasteiger partial charge in [0.15, 0.2) is 0 Å². The number of nitrogens with one attached hydrogen (secondary N) is 1. The standard InChI is InChI=1S/C13H21NO2S/c1-12(14-10-11-17(2,15)16)8-9-13-6-4-3-5-7-13/h3-7,12,14H,8-11H2,1-2H3. The summed E-state index contributed by atoms with van der Waals surface area (Å²) in [5.74, 6) is 0.211. The van der Waals surface area contributed by atoms with E-state index in [1.807, 2.05) is 18.2 Å². The molecule has 0 saturated carbocycles. The van der Waals surface area contributed by atoms with Crippen LogP contribution in [0.4, 0.5) is 0 Å². The molecular weight excluding hydrogens is 234 g/mol. The number of rotatable bonds is 7. The van der Waals surface area contributed by atoms with Crippen LogP contribution >= 0.6 is 0 Å². The Balaban J connectivity index is 2.20. The molecule has 0 spiro atoms. The van der Waals surface area contributed by atoms with Gasteiger partial charge < -0.3 is 5.32 Å². The van der Waals surface area contributed by atoms with E-state index >= 15 is 0 Å². The Bertz CT molecular complexity index is 414. The van der Waals surface area contributed by atoms with Crippen LogP contribution in [0.3, 0.4) is 0 Å². The first-order valence-corrected chi connectivity index (χ1v) is 7.98. The predicted octanol–water partition coefficient (Wildman–Crippen LogP) is 1.64. The fourth-order valence-corrected chi connectivity index (χ4v) is 2.11. The maximum absolute atomic E-state index is 11.0. The number of aryl methyl sites for hydroxylation is 1. The second-order valence-electron chi connectivity index (χ2n) is 4.51. The van der Waals surface area contributed by atoms with E-state index in [9.17, 15) is 8.42 Å². The second-order valence-corrected chi connectivity index (χ2v) is 6.77. The van der Waals surface area contributed by atoms with E-state index < -0.39 is 9.84 Å². The molecule has 3 nitrogen and oxygen atoms in total. The van der Waals surface area contributed by atoms with Gasteiger partial charge in [0.1, 0.15) is 9.84 Å². The third-order valence-electron chi connectivity index (χ3n) is 2.67. The molecule has 0 aliphatic heterocycles. The summed E-state index contributed by atoms with van der Waals surface area (Å²) >= 11 is 0. The minimum absolute atomic E-state index is 0.211. The van der Waals surface area contributed by atoms with E-state index in [-0.39, 0.29) is 5.75 Å². The van der Waals surface area contributed by atoms with Crippen LogP contribution in [0.2, 0.25) is 0 Å². The largest absolute Gasteiger partial charge is 0.313 e. The maximum Gasteiger partial charge on any atom is 0.148 e. The molecule has 0 amide bonds. The molecule has 0 fully saturated rings. The number of hydrogen-bond donors (Lipinski definition) is 1. The van der Waals surface area contributed by atoms with Crippen molar-refractivity contribution in [2.45, 2.75) is 25.8 Å². The van der Waals surface area contributed by atoms with E-state index in [1.54, 1.807) is 0 Å². The van der Waals surface area contributed by atoms with E-state index in [4.69, 9.17) is 0 Å². The molecular formula is C13H21NO2S. The van der Waals surface area contributed by atoms with Gasteiger partial charge in [-0.2, -0.15) is 0 Å². The van der Waals surface area contributed by atoms with Crippen LogP contribution in [0.15, 0.2) is 30.3 Å². The van der Waals surface area contributed by atoms with Gasteiger partial charge in [0, 0.05) is 18.8 Å². The summed E-state index contributed by atoms with van der Waals surface area (Å²) in [7, 11) is -2.85. The summed E-state index contributed by atoms with van der Waals surface area (Å²) < 4.78 is 21.9. The number of sulfone groups is 1. The molecule has 0 saturated heterocycles. The Morgan fingerprint density at radius 1 is 1.24 bits per heavy atom. The minimum atomic E-state index is -2.85. The summed E-state index contributed by atoms with van der Waals surface area (Å²) in [5, 5.41) is 3.23. The Morgan fingerprint density at radius 3 is 2.47 bits per heavy atom. The zero-order valence-corrected chi connectivity index (χ0v) is 11.3. The SMILES string of the molecule is CC(CCc1ccccc1)NCCS(C)(=O)=O. The summed E-state index contributed by atoms with van der Waals surface area (Å²) in [6, 6.07) is 10.7. The van der Waals surface area contributed by atoms with Gasteiger partial charge in [-0.3, -0.25) is 0 Å². The first-order chi connectivity index (χ1) is 7.97. The predicted molar refractivity (Wildman–Crippen MR) is 71.9 cm³/mol. The van der Waals surface area contributed by atoms with Gasteiger partial charge in [0.05, 0.1) is 5.75 Å². The first-order valence-electron chi connectivity index (χ1n) is 5.92. The van der Waals surface area contributed by atoms with Crippen LogP contribution in [0.25, 0.3) is 0 Å². The van der Waals surface area contributed by atoms with Crippen molar-refractivity contribution in [1.82, 2.24) is 5.32 Å². The van der Waals surface area contributed by atoms with Crippen molar-refractivity contribution >= 4 is 9.84 Å². The maximum atomic E-state index is 11.0. The first kappa shape index (κ1) is 14.2. The molecule has 0 aliphatic rings. The van der Waals surface area contributed by atoms with Gasteiger partial charge >= 0.3 is 0 Å². The summed E-state index contributed by atoms with van der Waals surface area (Å²) in [6.45, 7) is 2.63. The highest BCUT2D eigenvalue weighted by atomic mass is 32.2. The molecule has 1 N–H and O–H groups in total. The van der Waals surface area contributed by atoms with Crippen LogP contribution < -0.4 is 5.32 Å². The third-order valence-corrected chi connectivity index (χ3v) is 3.62. The van der Waals surface area contributed by atoms with Crippen molar-refractivity contribution in [1.29, 1.82) is 0 Å². The molecule has 0 aromatic heterocycles. The lowest BCUT2D eigenvalue weighted by Gasteiger charge is -2.13. The van der Waals surface area contributed by atoms with Crippen molar-refractivity contribution in [3.05, 3.63) is 35.9 Å². The summed E-state index contributed by atoms with van der Waals surface area (Å²) in [5.41, 5.74) is 1.32. The van der Waals surface area contributed by atoms with Crippen molar-refractivity contribution in [3.8, 4) is 0 Å². The van der Waals surface area contributed by atoms with Gasteiger partial charge in [0.2, 0.25) is 0 Å². The van der Waals surface area contributed by atoms with Crippen LogP contribution in [-0.4, -0.2) is 33.0 Å². The van der Waals surface area contributed by atoms with Crippen molar-refractivity contribution < 1.29 is 8.42 Å². The Morgan fingerprint density at radius 2 is 1.88 bits per heavy atom. The van der Waals surface area contributed by atoms with Gasteiger partial charge in [0.25, 0.3) is 0 Å². The molecule has 0 bridgehead atoms. The van der Waals surface area contributed by atoms with Crippen molar-refractivity contribution in [2.75, 3.05) is 18.6 Å². The topological polar surface area (TPSA) is 46.2 Å². The Kier molecular flexibility index (Phi) is 5.65. The molecule has 17 heavy (non-hydrogen) atoms. The van der Waals surface area contributed by atoms with Crippen LogP contribution in [0.5, 0.6) is 0 Å². The number of benzene rings is 1. The lowest BCUT2D eigenvalue weighted by molar-refractivity contribution is 0.527. The van der Waals surface area contributed by atoms with Crippen LogP contribution in [0.1, 0.15) is 18.9 Å². The molecule has 96 valence electrons. The molecule has 0 aliphatic carbocycles. The highest BCUT2D eigenvalue weighted by Gasteiger charge is 2.05. The fraction of sp³-hybridized carbons (Fsp3) is 0.538. The number of hydrogen-bond acceptors (Lipinski definition) is 3. The molecule has 4 heteroatoms. The van der Waals surface area contributed by atoms with Crippen molar-refractivity contribution in [2.24, 2.45) is 0 Å². The van der Waals surface area contributed by atoms with Crippen LogP contribution in [-0.2, 0) is 16.3 Å². The normalized spacial score (nSPS) is 13.5. The molecule has 1 aromatic carbocycles. The Hall–Kier alpha value is -0.870. The summed E-state index contributed by atoms with van der Waals surface area (Å²) in [4.78, 5) is 0. The second kappa shape index (κ2) is 6.77. The zero-order valence-electron chi connectivity index (χ0n) is 10.5. The Labute approximate surface area is 104 Å². The molecule has 1 rings (SSSR count). The smallest absolute Gasteiger partial charge is 0.148 e. The molecule has 1 unspecified atom stereocenters. The molecule has 1 aromatic rings. The van der Waals surface area contributed by atoms with E-state index in [0.717, 1.165) is 12.8 Å². The zero-order chi connectivity index (χ0) is 12.7. The van der Waals surface area contributed by atoms with Crippen LogP contribution in [0, 0.1) is 0 Å². The molecule has 0 heterocycles. The van der Waals surface area contributed by atoms with Gasteiger partial charge in [-0.25, -0.2) is 8.42 Å². The average Bonchev–Trinajstić information content (AvgIpc) is 2.26. The van der Waals surface area contributed by atoms with Gasteiger partial charge in [-0.1, -0.05) is 30.3 Å². The quantitative estimate of drug-likeness (QED) is 0.805.